The zero-order valence-corrected chi connectivity index (χ0v) is 25.2. The fraction of sp³-hybridized carbons (Fsp3) is 0.559. The first kappa shape index (κ1) is 30.5. The number of thioether (sulfide) groups is 1. The number of rotatable bonds is 18. The standard InChI is InChI=1S/C34H50NO2S/c1-5-6-7-14-17-28-20-23-32-31(26-28)34(36)33(38-32)27-29-18-21-30(22-19-29)37-25-16-13-11-9-8-10-12-15-24-35(2,3)4/h18-23,26-27H,5-17,24-25H2,1-4H3/q+1/b33-27+. The number of ether oxygens (including phenoxy) is 1. The zero-order chi connectivity index (χ0) is 27.2. The number of unbranched alkanes of at least 4 members (excludes halogenated alkanes) is 10. The lowest BCUT2D eigenvalue weighted by molar-refractivity contribution is -0.870. The van der Waals surface area contributed by atoms with Crippen molar-refractivity contribution in [1.29, 1.82) is 0 Å². The van der Waals surface area contributed by atoms with Gasteiger partial charge in [-0.3, -0.25) is 4.79 Å². The summed E-state index contributed by atoms with van der Waals surface area (Å²) in [5.74, 6) is 1.07. The molecule has 0 aromatic heterocycles. The molecule has 2 aromatic rings. The molecular weight excluding hydrogens is 486 g/mol. The quantitative estimate of drug-likeness (QED) is 0.108. The highest BCUT2D eigenvalue weighted by molar-refractivity contribution is 8.04. The number of ketones is 1. The van der Waals surface area contributed by atoms with E-state index in [0.29, 0.717) is 0 Å². The van der Waals surface area contributed by atoms with Gasteiger partial charge in [0.15, 0.2) is 0 Å². The fourth-order valence-electron chi connectivity index (χ4n) is 4.90. The molecule has 38 heavy (non-hydrogen) atoms. The lowest BCUT2D eigenvalue weighted by Crippen LogP contribution is -2.35. The fourth-order valence-corrected chi connectivity index (χ4v) is 5.93. The molecule has 0 radical (unpaired) electrons. The van der Waals surface area contributed by atoms with Crippen LogP contribution < -0.4 is 4.74 Å². The van der Waals surface area contributed by atoms with E-state index in [1.165, 1.54) is 82.7 Å². The van der Waals surface area contributed by atoms with Gasteiger partial charge < -0.3 is 9.22 Å². The van der Waals surface area contributed by atoms with E-state index in [0.717, 1.165) is 50.6 Å². The molecule has 1 aliphatic rings. The minimum atomic E-state index is 0.157. The van der Waals surface area contributed by atoms with Gasteiger partial charge in [0.2, 0.25) is 5.78 Å². The number of allylic oxidation sites excluding steroid dienone is 1. The Hall–Kier alpha value is -2.04. The van der Waals surface area contributed by atoms with E-state index in [1.807, 2.05) is 18.2 Å². The molecule has 2 aromatic carbocycles. The van der Waals surface area contributed by atoms with E-state index in [4.69, 9.17) is 4.74 Å². The Balaban J connectivity index is 1.33. The molecule has 0 saturated carbocycles. The molecule has 208 valence electrons. The van der Waals surface area contributed by atoms with Crippen LogP contribution in [0.3, 0.4) is 0 Å². The van der Waals surface area contributed by atoms with Gasteiger partial charge in [0.05, 0.1) is 39.2 Å². The summed E-state index contributed by atoms with van der Waals surface area (Å²) in [5.41, 5.74) is 3.19. The van der Waals surface area contributed by atoms with E-state index in [9.17, 15) is 4.79 Å². The first-order chi connectivity index (χ1) is 18.4. The highest BCUT2D eigenvalue weighted by atomic mass is 32.2. The molecule has 0 saturated heterocycles. The van der Waals surface area contributed by atoms with Crippen molar-refractivity contribution in [3.8, 4) is 5.75 Å². The smallest absolute Gasteiger partial charge is 0.200 e. The van der Waals surface area contributed by atoms with Crippen LogP contribution in [0.25, 0.3) is 6.08 Å². The van der Waals surface area contributed by atoms with Crippen molar-refractivity contribution in [2.75, 3.05) is 34.3 Å². The van der Waals surface area contributed by atoms with Crippen molar-refractivity contribution in [2.24, 2.45) is 0 Å². The van der Waals surface area contributed by atoms with Crippen LogP contribution in [0.5, 0.6) is 5.75 Å². The predicted molar refractivity (Wildman–Crippen MR) is 164 cm³/mol. The zero-order valence-electron chi connectivity index (χ0n) is 24.4. The number of hydrogen-bond donors (Lipinski definition) is 0. The average Bonchev–Trinajstić information content (AvgIpc) is 3.20. The van der Waals surface area contributed by atoms with Crippen molar-refractivity contribution in [3.63, 3.8) is 0 Å². The maximum Gasteiger partial charge on any atom is 0.200 e. The van der Waals surface area contributed by atoms with Crippen LogP contribution >= 0.6 is 11.8 Å². The molecule has 0 N–H and O–H groups in total. The van der Waals surface area contributed by atoms with Gasteiger partial charge >= 0.3 is 0 Å². The number of fused-ring (bicyclic) bond motifs is 1. The lowest BCUT2D eigenvalue weighted by atomic mass is 10.0. The first-order valence-corrected chi connectivity index (χ1v) is 15.8. The van der Waals surface area contributed by atoms with Crippen LogP contribution in [0.15, 0.2) is 52.3 Å². The average molecular weight is 537 g/mol. The van der Waals surface area contributed by atoms with E-state index in [-0.39, 0.29) is 5.78 Å². The molecular formula is C34H50NO2S+. The molecule has 0 atom stereocenters. The van der Waals surface area contributed by atoms with E-state index >= 15 is 0 Å². The molecule has 4 heteroatoms. The summed E-state index contributed by atoms with van der Waals surface area (Å²) in [6, 6.07) is 14.6. The summed E-state index contributed by atoms with van der Waals surface area (Å²) in [6.45, 7) is 4.29. The molecule has 1 aliphatic heterocycles. The normalized spacial score (nSPS) is 14.3. The Morgan fingerprint density at radius 3 is 2.13 bits per heavy atom. The Morgan fingerprint density at radius 1 is 0.789 bits per heavy atom. The van der Waals surface area contributed by atoms with Crippen LogP contribution in [-0.2, 0) is 6.42 Å². The van der Waals surface area contributed by atoms with Gasteiger partial charge in [-0.15, -0.1) is 0 Å². The summed E-state index contributed by atoms with van der Waals surface area (Å²) < 4.78 is 7.04. The number of carbonyl (C=O) groups excluding carboxylic acids is 1. The van der Waals surface area contributed by atoms with Gasteiger partial charge in [0.1, 0.15) is 5.75 Å². The number of hydrogen-bond acceptors (Lipinski definition) is 3. The molecule has 1 heterocycles. The van der Waals surface area contributed by atoms with E-state index in [2.05, 4.69) is 58.4 Å². The molecule has 0 aliphatic carbocycles. The molecule has 0 unspecified atom stereocenters. The number of carbonyl (C=O) groups is 1. The van der Waals surface area contributed by atoms with E-state index < -0.39 is 0 Å². The Labute approximate surface area is 236 Å². The molecule has 3 rings (SSSR count). The molecule has 0 bridgehead atoms. The summed E-state index contributed by atoms with van der Waals surface area (Å²) in [6.07, 6.45) is 18.5. The van der Waals surface area contributed by atoms with Crippen LogP contribution in [0.2, 0.25) is 0 Å². The number of quaternary nitrogens is 1. The first-order valence-electron chi connectivity index (χ1n) is 15.0. The van der Waals surface area contributed by atoms with Gasteiger partial charge in [-0.05, 0) is 73.6 Å². The Bertz CT molecular complexity index is 1020. The third-order valence-corrected chi connectivity index (χ3v) is 8.32. The number of Topliss-reactive ketones (excluding diaryl/α,β-unsaturated/α-hetero) is 1. The largest absolute Gasteiger partial charge is 0.494 e. The summed E-state index contributed by atoms with van der Waals surface area (Å²) in [7, 11) is 6.82. The molecule has 0 amide bonds. The maximum atomic E-state index is 13.0. The van der Waals surface area contributed by atoms with Crippen molar-refractivity contribution in [2.45, 2.75) is 95.3 Å². The van der Waals surface area contributed by atoms with Crippen LogP contribution in [-0.4, -0.2) is 44.6 Å². The second-order valence-corrected chi connectivity index (χ2v) is 12.9. The Morgan fingerprint density at radius 2 is 1.45 bits per heavy atom. The minimum absolute atomic E-state index is 0.157. The van der Waals surface area contributed by atoms with Gasteiger partial charge in [0.25, 0.3) is 0 Å². The third-order valence-electron chi connectivity index (χ3n) is 7.22. The van der Waals surface area contributed by atoms with Crippen LogP contribution in [0.1, 0.15) is 105 Å². The second-order valence-electron chi connectivity index (χ2n) is 11.8. The lowest BCUT2D eigenvalue weighted by Gasteiger charge is -2.23. The maximum absolute atomic E-state index is 13.0. The summed E-state index contributed by atoms with van der Waals surface area (Å²) in [5, 5.41) is 0. The van der Waals surface area contributed by atoms with Crippen LogP contribution in [0.4, 0.5) is 0 Å². The van der Waals surface area contributed by atoms with Crippen molar-refractivity contribution < 1.29 is 14.0 Å². The van der Waals surface area contributed by atoms with Crippen molar-refractivity contribution >= 4 is 23.6 Å². The minimum Gasteiger partial charge on any atom is -0.494 e. The van der Waals surface area contributed by atoms with Gasteiger partial charge in [-0.1, -0.05) is 88.3 Å². The Kier molecular flexibility index (Phi) is 13.0. The van der Waals surface area contributed by atoms with Crippen molar-refractivity contribution in [1.82, 2.24) is 0 Å². The number of aryl methyl sites for hydroxylation is 1. The highest BCUT2D eigenvalue weighted by Gasteiger charge is 2.26. The van der Waals surface area contributed by atoms with Crippen LogP contribution in [0, 0.1) is 0 Å². The SMILES string of the molecule is CCCCCCc1ccc2c(c1)C(=O)/C(=C\c1ccc(OCCCCCCCCCC[N+](C)(C)C)cc1)S2. The monoisotopic (exact) mass is 536 g/mol. The summed E-state index contributed by atoms with van der Waals surface area (Å²) in [4.78, 5) is 14.9. The molecule has 0 spiro atoms. The highest BCUT2D eigenvalue weighted by Crippen LogP contribution is 2.41. The van der Waals surface area contributed by atoms with E-state index in [1.54, 1.807) is 11.8 Å². The topological polar surface area (TPSA) is 26.3 Å². The third kappa shape index (κ3) is 11.0. The van der Waals surface area contributed by atoms with Gasteiger partial charge in [-0.2, -0.15) is 0 Å². The summed E-state index contributed by atoms with van der Waals surface area (Å²) >= 11 is 1.59. The van der Waals surface area contributed by atoms with Gasteiger partial charge in [-0.25, -0.2) is 0 Å². The molecule has 0 fully saturated rings. The molecule has 3 nitrogen and oxygen atoms in total. The van der Waals surface area contributed by atoms with Crippen molar-refractivity contribution in [3.05, 3.63) is 64.1 Å². The number of nitrogens with zero attached hydrogens (tertiary/aromatic N) is 1. The second kappa shape index (κ2) is 16.2. The predicted octanol–water partition coefficient (Wildman–Crippen LogP) is 9.34. The number of benzene rings is 2. The van der Waals surface area contributed by atoms with Gasteiger partial charge in [0, 0.05) is 10.5 Å².